The second-order valence-electron chi connectivity index (χ2n) is 8.45. The molecule has 7 nitrogen and oxygen atoms in total. The van der Waals surface area contributed by atoms with Gasteiger partial charge in [-0.2, -0.15) is 16.9 Å². The lowest BCUT2D eigenvalue weighted by Gasteiger charge is -2.48. The molecule has 1 unspecified atom stereocenters. The van der Waals surface area contributed by atoms with E-state index < -0.39 is 0 Å². The van der Waals surface area contributed by atoms with E-state index in [-0.39, 0.29) is 24.0 Å². The first kappa shape index (κ1) is 23.1. The fourth-order valence-electron chi connectivity index (χ4n) is 5.04. The third kappa shape index (κ3) is 5.58. The lowest BCUT2D eigenvalue weighted by molar-refractivity contribution is 0.0625. The van der Waals surface area contributed by atoms with Gasteiger partial charge in [0.05, 0.1) is 6.54 Å². The van der Waals surface area contributed by atoms with Crippen molar-refractivity contribution in [2.45, 2.75) is 70.0 Å². The quantitative estimate of drug-likeness (QED) is 0.352. The van der Waals surface area contributed by atoms with E-state index in [2.05, 4.69) is 47.1 Å². The van der Waals surface area contributed by atoms with Crippen molar-refractivity contribution in [2.75, 3.05) is 38.2 Å². The first-order valence-electron chi connectivity index (χ1n) is 10.9. The Labute approximate surface area is 196 Å². The summed E-state index contributed by atoms with van der Waals surface area (Å²) in [5.74, 6) is 5.47. The maximum Gasteiger partial charge on any atom is 0.191 e. The van der Waals surface area contributed by atoms with E-state index in [1.54, 1.807) is 0 Å². The van der Waals surface area contributed by atoms with Crippen molar-refractivity contribution in [3.8, 4) is 0 Å². The molecule has 1 aromatic rings. The topological polar surface area (TPSA) is 70.4 Å². The Morgan fingerprint density at radius 1 is 1.24 bits per heavy atom. The number of thioether (sulfide) groups is 1. The summed E-state index contributed by atoms with van der Waals surface area (Å²) in [6.45, 7) is 6.30. The van der Waals surface area contributed by atoms with Gasteiger partial charge >= 0.3 is 0 Å². The zero-order valence-electron chi connectivity index (χ0n) is 17.8. The molecular formula is C20H36IN7S. The fraction of sp³-hybridized carbons (Fsp3) is 0.850. The minimum Gasteiger partial charge on any atom is -0.355 e. The van der Waals surface area contributed by atoms with Gasteiger partial charge in [-0.15, -0.1) is 24.0 Å². The van der Waals surface area contributed by atoms with Gasteiger partial charge in [-0.05, 0) is 26.2 Å². The zero-order chi connectivity index (χ0) is 19.4. The lowest BCUT2D eigenvalue weighted by atomic mass is 9.80. The van der Waals surface area contributed by atoms with Crippen molar-refractivity contribution < 1.29 is 0 Å². The second kappa shape index (κ2) is 10.7. The predicted molar refractivity (Wildman–Crippen MR) is 131 cm³/mol. The summed E-state index contributed by atoms with van der Waals surface area (Å²) in [4.78, 5) is 11.8. The summed E-state index contributed by atoms with van der Waals surface area (Å²) in [6.07, 6.45) is 8.78. The molecule has 1 saturated heterocycles. The van der Waals surface area contributed by atoms with E-state index in [1.807, 2.05) is 14.0 Å². The molecule has 1 aliphatic carbocycles. The van der Waals surface area contributed by atoms with Crippen LogP contribution in [0, 0.1) is 6.92 Å². The summed E-state index contributed by atoms with van der Waals surface area (Å²) >= 11 is 2.10. The molecule has 1 saturated carbocycles. The number of halogens is 1. The van der Waals surface area contributed by atoms with Gasteiger partial charge in [-0.3, -0.25) is 9.89 Å². The molecule has 0 aromatic carbocycles. The highest BCUT2D eigenvalue weighted by molar-refractivity contribution is 14.0. The molecule has 4 rings (SSSR count). The molecule has 164 valence electrons. The number of aliphatic imine (C=N–C) groups is 1. The van der Waals surface area contributed by atoms with Crippen LogP contribution < -0.4 is 10.6 Å². The van der Waals surface area contributed by atoms with Gasteiger partial charge in [-0.25, -0.2) is 9.67 Å². The molecule has 2 aliphatic heterocycles. The molecule has 9 heteroatoms. The van der Waals surface area contributed by atoms with Crippen LogP contribution in [0.25, 0.3) is 0 Å². The Morgan fingerprint density at radius 3 is 2.72 bits per heavy atom. The van der Waals surface area contributed by atoms with Crippen LogP contribution in [0.2, 0.25) is 0 Å². The van der Waals surface area contributed by atoms with Crippen LogP contribution >= 0.6 is 35.7 Å². The summed E-state index contributed by atoms with van der Waals surface area (Å²) in [7, 11) is 1.88. The molecule has 29 heavy (non-hydrogen) atoms. The molecule has 0 bridgehead atoms. The molecule has 0 radical (unpaired) electrons. The normalized spacial score (nSPS) is 25.0. The first-order chi connectivity index (χ1) is 13.7. The maximum atomic E-state index is 4.53. The third-order valence-corrected chi connectivity index (χ3v) is 7.52. The van der Waals surface area contributed by atoms with Crippen LogP contribution in [0.5, 0.6) is 0 Å². The summed E-state index contributed by atoms with van der Waals surface area (Å²) < 4.78 is 2.05. The van der Waals surface area contributed by atoms with E-state index in [0.717, 1.165) is 43.5 Å². The van der Waals surface area contributed by atoms with E-state index in [1.165, 1.54) is 56.7 Å². The van der Waals surface area contributed by atoms with Gasteiger partial charge in [0.2, 0.25) is 0 Å². The molecular weight excluding hydrogens is 497 g/mol. The lowest BCUT2D eigenvalue weighted by Crippen LogP contribution is -2.60. The Morgan fingerprint density at radius 2 is 2.00 bits per heavy atom. The smallest absolute Gasteiger partial charge is 0.191 e. The Kier molecular flexibility index (Phi) is 8.50. The van der Waals surface area contributed by atoms with Crippen molar-refractivity contribution in [1.82, 2.24) is 30.3 Å². The number of hydrogen-bond acceptors (Lipinski definition) is 5. The third-order valence-electron chi connectivity index (χ3n) is 6.58. The van der Waals surface area contributed by atoms with Crippen LogP contribution in [-0.4, -0.2) is 75.4 Å². The Balaban J connectivity index is 0.00000240. The number of nitrogens with zero attached hydrogens (tertiary/aromatic N) is 5. The number of nitrogens with one attached hydrogen (secondary N) is 2. The number of fused-ring (bicyclic) bond motifs is 1. The Bertz CT molecular complexity index is 680. The molecule has 3 heterocycles. The molecule has 2 N–H and O–H groups in total. The van der Waals surface area contributed by atoms with Gasteiger partial charge in [-0.1, -0.05) is 19.3 Å². The van der Waals surface area contributed by atoms with Crippen molar-refractivity contribution in [2.24, 2.45) is 4.99 Å². The van der Waals surface area contributed by atoms with Crippen LogP contribution in [0.15, 0.2) is 4.99 Å². The van der Waals surface area contributed by atoms with Crippen molar-refractivity contribution >= 4 is 41.7 Å². The van der Waals surface area contributed by atoms with E-state index in [0.29, 0.717) is 11.6 Å². The number of aryl methyl sites for hydroxylation is 2. The van der Waals surface area contributed by atoms with Crippen molar-refractivity contribution in [3.05, 3.63) is 11.6 Å². The highest BCUT2D eigenvalue weighted by Crippen LogP contribution is 2.34. The predicted octanol–water partition coefficient (Wildman–Crippen LogP) is 2.44. The summed E-state index contributed by atoms with van der Waals surface area (Å²) in [5.41, 5.74) is 0.305. The van der Waals surface area contributed by atoms with Crippen molar-refractivity contribution in [3.63, 3.8) is 0 Å². The second-order valence-corrected chi connectivity index (χ2v) is 9.67. The van der Waals surface area contributed by atoms with Gasteiger partial charge in [0, 0.05) is 56.2 Å². The van der Waals surface area contributed by atoms with Gasteiger partial charge < -0.3 is 10.6 Å². The Hall–Kier alpha value is -0.550. The minimum absolute atomic E-state index is 0. The van der Waals surface area contributed by atoms with Crippen LogP contribution in [-0.2, 0) is 13.0 Å². The highest BCUT2D eigenvalue weighted by Gasteiger charge is 2.38. The number of guanidine groups is 1. The van der Waals surface area contributed by atoms with Gasteiger partial charge in [0.15, 0.2) is 5.96 Å². The largest absolute Gasteiger partial charge is 0.355 e. The zero-order valence-corrected chi connectivity index (χ0v) is 21.0. The molecule has 2 fully saturated rings. The SMILES string of the molecule is CN=C(NCC1(N2CCSCC2)CCCCC1)NC1CCc2nc(C)nn2C1.I. The molecule has 0 spiro atoms. The maximum absolute atomic E-state index is 4.53. The van der Waals surface area contributed by atoms with Crippen molar-refractivity contribution in [1.29, 1.82) is 0 Å². The molecule has 1 atom stereocenters. The number of aromatic nitrogens is 3. The summed E-state index contributed by atoms with van der Waals surface area (Å²) in [6, 6.07) is 0.355. The van der Waals surface area contributed by atoms with Crippen LogP contribution in [0.1, 0.15) is 50.2 Å². The van der Waals surface area contributed by atoms with Crippen LogP contribution in [0.3, 0.4) is 0 Å². The molecule has 3 aliphatic rings. The van der Waals surface area contributed by atoms with E-state index in [4.69, 9.17) is 0 Å². The average molecular weight is 534 g/mol. The number of rotatable bonds is 4. The average Bonchev–Trinajstić information content (AvgIpc) is 3.11. The van der Waals surface area contributed by atoms with Gasteiger partial charge in [0.1, 0.15) is 11.6 Å². The standard InChI is InChI=1S/C20H35N7S.HI/c1-16-23-18-7-6-17(14-27(18)25-16)24-19(21-2)22-15-20(8-4-3-5-9-20)26-10-12-28-13-11-26;/h17H,3-15H2,1-2H3,(H2,21,22,24);1H. The van der Waals surface area contributed by atoms with E-state index >= 15 is 0 Å². The fourth-order valence-corrected chi connectivity index (χ4v) is 5.94. The number of hydrogen-bond donors (Lipinski definition) is 2. The molecule has 0 amide bonds. The highest BCUT2D eigenvalue weighted by atomic mass is 127. The summed E-state index contributed by atoms with van der Waals surface area (Å²) in [5, 5.41) is 11.9. The minimum atomic E-state index is 0. The van der Waals surface area contributed by atoms with Crippen LogP contribution in [0.4, 0.5) is 0 Å². The van der Waals surface area contributed by atoms with Gasteiger partial charge in [0.25, 0.3) is 0 Å². The molecule has 1 aromatic heterocycles. The monoisotopic (exact) mass is 533 g/mol. The van der Waals surface area contributed by atoms with E-state index in [9.17, 15) is 0 Å². The first-order valence-corrected chi connectivity index (χ1v) is 12.0.